The maximum atomic E-state index is 11.7. The predicted molar refractivity (Wildman–Crippen MR) is 68.4 cm³/mol. The molecular formula is C12H20N2O6. The van der Waals surface area contributed by atoms with Gasteiger partial charge in [-0.2, -0.15) is 0 Å². The summed E-state index contributed by atoms with van der Waals surface area (Å²) in [4.78, 5) is 34.7. The molecule has 8 heteroatoms. The van der Waals surface area contributed by atoms with E-state index in [9.17, 15) is 19.5 Å². The molecule has 0 aromatic heterocycles. The van der Waals surface area contributed by atoms with E-state index in [0.29, 0.717) is 0 Å². The fourth-order valence-corrected chi connectivity index (χ4v) is 1.79. The molecule has 8 nitrogen and oxygen atoms in total. The van der Waals surface area contributed by atoms with Gasteiger partial charge in [-0.05, 0) is 20.8 Å². The molecule has 1 fully saturated rings. The van der Waals surface area contributed by atoms with E-state index in [4.69, 9.17) is 9.84 Å². The van der Waals surface area contributed by atoms with Crippen LogP contribution in [-0.2, 0) is 14.3 Å². The van der Waals surface area contributed by atoms with Crippen molar-refractivity contribution >= 4 is 18.0 Å². The molecule has 1 amide bonds. The topological polar surface area (TPSA) is 116 Å². The van der Waals surface area contributed by atoms with Crippen molar-refractivity contribution in [2.75, 3.05) is 19.6 Å². The maximum absolute atomic E-state index is 11.7. The third-order valence-corrected chi connectivity index (χ3v) is 2.78. The summed E-state index contributed by atoms with van der Waals surface area (Å²) in [6.45, 7) is 5.11. The molecule has 1 saturated heterocycles. The summed E-state index contributed by atoms with van der Waals surface area (Å²) in [5.74, 6) is -2.12. The van der Waals surface area contributed by atoms with Crippen LogP contribution in [0.3, 0.4) is 0 Å². The smallest absolute Gasteiger partial charge is 0.410 e. The molecule has 0 saturated carbocycles. The molecule has 20 heavy (non-hydrogen) atoms. The van der Waals surface area contributed by atoms with Crippen LogP contribution < -0.4 is 5.32 Å². The summed E-state index contributed by atoms with van der Waals surface area (Å²) >= 11 is 0. The second-order valence-electron chi connectivity index (χ2n) is 5.79. The first-order chi connectivity index (χ1) is 9.06. The van der Waals surface area contributed by atoms with Gasteiger partial charge in [-0.15, -0.1) is 0 Å². The van der Waals surface area contributed by atoms with Gasteiger partial charge >= 0.3 is 18.0 Å². The number of nitrogens with zero attached hydrogens (tertiary/aromatic N) is 1. The molecule has 3 N–H and O–H groups in total. The van der Waals surface area contributed by atoms with Crippen LogP contribution in [0.4, 0.5) is 4.79 Å². The molecule has 1 rings (SSSR count). The van der Waals surface area contributed by atoms with E-state index in [1.807, 2.05) is 0 Å². The lowest BCUT2D eigenvalue weighted by atomic mass is 9.90. The van der Waals surface area contributed by atoms with E-state index >= 15 is 0 Å². The van der Waals surface area contributed by atoms with Crippen molar-refractivity contribution in [1.29, 1.82) is 0 Å². The molecular weight excluding hydrogens is 268 g/mol. The zero-order valence-electron chi connectivity index (χ0n) is 11.8. The average Bonchev–Trinajstić information content (AvgIpc) is 2.17. The highest BCUT2D eigenvalue weighted by molar-refractivity contribution is 5.84. The van der Waals surface area contributed by atoms with E-state index in [0.717, 1.165) is 0 Å². The molecule has 1 aliphatic rings. The molecule has 114 valence electrons. The number of carbonyl (C=O) groups is 3. The minimum absolute atomic E-state index is 0.0315. The standard InChI is InChI=1S/C12H20N2O6/c1-11(2,3)20-10(19)14-6-12(7-14,9(17)18)13-5-4-8(15)16/h13H,4-7H2,1-3H3,(H,15,16)(H,17,18). The Balaban J connectivity index is 2.52. The lowest BCUT2D eigenvalue weighted by Gasteiger charge is -2.47. The largest absolute Gasteiger partial charge is 0.481 e. The van der Waals surface area contributed by atoms with Crippen LogP contribution in [-0.4, -0.2) is 63.9 Å². The Morgan fingerprint density at radius 3 is 2.20 bits per heavy atom. The second-order valence-corrected chi connectivity index (χ2v) is 5.79. The van der Waals surface area contributed by atoms with Crippen molar-refractivity contribution < 1.29 is 29.3 Å². The van der Waals surface area contributed by atoms with Crippen LogP contribution in [0, 0.1) is 0 Å². The first-order valence-corrected chi connectivity index (χ1v) is 6.24. The highest BCUT2D eigenvalue weighted by atomic mass is 16.6. The Kier molecular flexibility index (Phi) is 4.59. The van der Waals surface area contributed by atoms with E-state index in [-0.39, 0.29) is 26.1 Å². The number of rotatable bonds is 5. The second kappa shape index (κ2) is 5.66. The van der Waals surface area contributed by atoms with Crippen molar-refractivity contribution in [3.8, 4) is 0 Å². The van der Waals surface area contributed by atoms with Crippen LogP contribution in [0.25, 0.3) is 0 Å². The number of carboxylic acid groups (broad SMARTS) is 2. The van der Waals surface area contributed by atoms with Gasteiger partial charge in [0, 0.05) is 6.54 Å². The van der Waals surface area contributed by atoms with Gasteiger partial charge in [-0.1, -0.05) is 0 Å². The lowest BCUT2D eigenvalue weighted by Crippen LogP contribution is -2.74. The number of likely N-dealkylation sites (tertiary alicyclic amines) is 1. The molecule has 0 atom stereocenters. The SMILES string of the molecule is CC(C)(C)OC(=O)N1CC(NCCC(=O)O)(C(=O)O)C1. The number of carbonyl (C=O) groups excluding carboxylic acids is 1. The molecule has 0 aromatic carbocycles. The van der Waals surface area contributed by atoms with Gasteiger partial charge in [0.15, 0.2) is 5.54 Å². The van der Waals surface area contributed by atoms with Crippen LogP contribution in [0.15, 0.2) is 0 Å². The van der Waals surface area contributed by atoms with Gasteiger partial charge < -0.3 is 19.8 Å². The zero-order valence-corrected chi connectivity index (χ0v) is 11.8. The minimum atomic E-state index is -1.29. The molecule has 0 bridgehead atoms. The highest BCUT2D eigenvalue weighted by Crippen LogP contribution is 2.24. The van der Waals surface area contributed by atoms with E-state index in [1.54, 1.807) is 20.8 Å². The van der Waals surface area contributed by atoms with Crippen LogP contribution in [0.2, 0.25) is 0 Å². The Labute approximate surface area is 116 Å². The van der Waals surface area contributed by atoms with Crippen molar-refractivity contribution in [2.24, 2.45) is 0 Å². The average molecular weight is 288 g/mol. The lowest BCUT2D eigenvalue weighted by molar-refractivity contribution is -0.152. The van der Waals surface area contributed by atoms with Gasteiger partial charge in [0.2, 0.25) is 0 Å². The summed E-state index contributed by atoms with van der Waals surface area (Å²) in [5, 5.41) is 20.4. The highest BCUT2D eigenvalue weighted by Gasteiger charge is 2.52. The number of hydrogen-bond donors (Lipinski definition) is 3. The molecule has 0 unspecified atom stereocenters. The maximum Gasteiger partial charge on any atom is 0.410 e. The molecule has 0 aliphatic carbocycles. The summed E-state index contributed by atoms with van der Waals surface area (Å²) in [6, 6.07) is 0. The van der Waals surface area contributed by atoms with Crippen LogP contribution in [0.1, 0.15) is 27.2 Å². The zero-order chi connectivity index (χ0) is 15.6. The van der Waals surface area contributed by atoms with E-state index in [1.165, 1.54) is 4.90 Å². The van der Waals surface area contributed by atoms with Crippen molar-refractivity contribution in [3.05, 3.63) is 0 Å². The van der Waals surface area contributed by atoms with E-state index in [2.05, 4.69) is 5.32 Å². The molecule has 1 heterocycles. The number of aliphatic carboxylic acids is 2. The van der Waals surface area contributed by atoms with Crippen molar-refractivity contribution in [1.82, 2.24) is 10.2 Å². The first kappa shape index (κ1) is 16.2. The van der Waals surface area contributed by atoms with Crippen molar-refractivity contribution in [3.63, 3.8) is 0 Å². The number of amides is 1. The first-order valence-electron chi connectivity index (χ1n) is 6.24. The van der Waals surface area contributed by atoms with Gasteiger partial charge in [-0.3, -0.25) is 14.9 Å². The Morgan fingerprint density at radius 2 is 1.80 bits per heavy atom. The summed E-state index contributed by atoms with van der Waals surface area (Å²) in [5.41, 5.74) is -1.93. The third-order valence-electron chi connectivity index (χ3n) is 2.78. The predicted octanol–water partition coefficient (Wildman–Crippen LogP) is 0.125. The monoisotopic (exact) mass is 288 g/mol. The summed E-state index contributed by atoms with van der Waals surface area (Å²) in [6.07, 6.45) is -0.754. The van der Waals surface area contributed by atoms with Crippen LogP contribution in [0.5, 0.6) is 0 Å². The molecule has 1 aliphatic heterocycles. The van der Waals surface area contributed by atoms with Gasteiger partial charge in [0.05, 0.1) is 19.5 Å². The Hall–Kier alpha value is -1.83. The normalized spacial score (nSPS) is 17.2. The Bertz CT molecular complexity index is 409. The van der Waals surface area contributed by atoms with Gasteiger partial charge in [0.25, 0.3) is 0 Å². The van der Waals surface area contributed by atoms with Crippen LogP contribution >= 0.6 is 0 Å². The summed E-state index contributed by atoms with van der Waals surface area (Å²) < 4.78 is 5.13. The third kappa shape index (κ3) is 4.09. The fraction of sp³-hybridized carbons (Fsp3) is 0.750. The van der Waals surface area contributed by atoms with Crippen molar-refractivity contribution in [2.45, 2.75) is 38.3 Å². The molecule has 0 spiro atoms. The molecule has 0 radical (unpaired) electrons. The Morgan fingerprint density at radius 1 is 1.25 bits per heavy atom. The number of hydrogen-bond acceptors (Lipinski definition) is 5. The minimum Gasteiger partial charge on any atom is -0.481 e. The van der Waals surface area contributed by atoms with Gasteiger partial charge in [-0.25, -0.2) is 4.79 Å². The number of ether oxygens (including phenoxy) is 1. The number of nitrogens with one attached hydrogen (secondary N) is 1. The van der Waals surface area contributed by atoms with Gasteiger partial charge in [0.1, 0.15) is 5.60 Å². The summed E-state index contributed by atoms with van der Waals surface area (Å²) in [7, 11) is 0. The molecule has 0 aromatic rings. The fourth-order valence-electron chi connectivity index (χ4n) is 1.79. The number of carboxylic acids is 2. The van der Waals surface area contributed by atoms with E-state index < -0.39 is 29.2 Å². The quantitative estimate of drug-likeness (QED) is 0.658.